The van der Waals surface area contributed by atoms with Crippen LogP contribution in [0, 0.1) is 10.1 Å². The van der Waals surface area contributed by atoms with Gasteiger partial charge in [0, 0.05) is 22.0 Å². The maximum atomic E-state index is 11.5. The van der Waals surface area contributed by atoms with E-state index in [-0.39, 0.29) is 17.1 Å². The Morgan fingerprint density at radius 3 is 2.63 bits per heavy atom. The molecule has 1 aromatic carbocycles. The van der Waals surface area contributed by atoms with Gasteiger partial charge in [-0.3, -0.25) is 14.8 Å². The zero-order valence-electron chi connectivity index (χ0n) is 10.3. The molecule has 0 aliphatic rings. The molecule has 8 nitrogen and oxygen atoms in total. The van der Waals surface area contributed by atoms with Gasteiger partial charge in [0.05, 0.1) is 23.8 Å². The van der Waals surface area contributed by atoms with Crippen molar-refractivity contribution in [1.82, 2.24) is 4.72 Å². The number of methoxy groups -OCH3 is 1. The first-order chi connectivity index (χ1) is 8.73. The second-order valence-electron chi connectivity index (χ2n) is 3.70. The standard InChI is InChI=1S/C10H13N3O5S/c1-18-9-6-7(13(15)16)4-5-8(9)11-10(14)12-19(2,3)17/h4-6H,2H2,1,3H3,(H2,11,12,14,17). The average Bonchev–Trinajstić information content (AvgIpc) is 2.26. The Hall–Kier alpha value is -2.29. The SMILES string of the molecule is C=S(C)(=O)NC(=O)Nc1ccc([N+](=O)[O-])cc1OC. The Balaban J connectivity index is 2.95. The zero-order chi connectivity index (χ0) is 14.6. The molecule has 0 aliphatic heterocycles. The summed E-state index contributed by atoms with van der Waals surface area (Å²) in [5.74, 6) is 3.39. The summed E-state index contributed by atoms with van der Waals surface area (Å²) in [5, 5.41) is 13.0. The molecule has 0 spiro atoms. The van der Waals surface area contributed by atoms with Gasteiger partial charge in [-0.25, -0.2) is 9.00 Å². The largest absolute Gasteiger partial charge is 0.494 e. The molecule has 0 heterocycles. The van der Waals surface area contributed by atoms with Crippen LogP contribution in [0.1, 0.15) is 0 Å². The van der Waals surface area contributed by atoms with Crippen molar-refractivity contribution < 1.29 is 18.7 Å². The number of nitrogens with zero attached hydrogens (tertiary/aromatic N) is 1. The highest BCUT2D eigenvalue weighted by molar-refractivity contribution is 7.98. The molecule has 2 N–H and O–H groups in total. The molecule has 1 rings (SSSR count). The van der Waals surface area contributed by atoms with Gasteiger partial charge in [-0.2, -0.15) is 0 Å². The van der Waals surface area contributed by atoms with Crippen molar-refractivity contribution in [2.45, 2.75) is 0 Å². The molecule has 2 amide bonds. The second-order valence-corrected chi connectivity index (χ2v) is 5.92. The first kappa shape index (κ1) is 14.8. The van der Waals surface area contributed by atoms with Gasteiger partial charge >= 0.3 is 6.03 Å². The quantitative estimate of drug-likeness (QED) is 0.487. The van der Waals surface area contributed by atoms with Gasteiger partial charge in [0.2, 0.25) is 0 Å². The third kappa shape index (κ3) is 4.47. The van der Waals surface area contributed by atoms with Crippen LogP contribution in [0.2, 0.25) is 0 Å². The van der Waals surface area contributed by atoms with E-state index >= 15 is 0 Å². The van der Waals surface area contributed by atoms with Crippen LogP contribution in [0.25, 0.3) is 0 Å². The highest BCUT2D eigenvalue weighted by Gasteiger charge is 2.13. The number of hydrogen-bond donors (Lipinski definition) is 2. The fourth-order valence-electron chi connectivity index (χ4n) is 1.24. The van der Waals surface area contributed by atoms with Crippen molar-refractivity contribution in [2.75, 3.05) is 18.7 Å². The lowest BCUT2D eigenvalue weighted by Gasteiger charge is -2.11. The van der Waals surface area contributed by atoms with Crippen LogP contribution in [-0.2, 0) is 9.71 Å². The molecule has 1 atom stereocenters. The molecule has 0 radical (unpaired) electrons. The Labute approximate surface area is 110 Å². The van der Waals surface area contributed by atoms with Gasteiger partial charge in [-0.1, -0.05) is 0 Å². The number of non-ortho nitro benzene ring substituents is 1. The van der Waals surface area contributed by atoms with Crippen LogP contribution >= 0.6 is 0 Å². The summed E-state index contributed by atoms with van der Waals surface area (Å²) in [6.45, 7) is 0. The van der Waals surface area contributed by atoms with Gasteiger partial charge in [0.25, 0.3) is 5.69 Å². The third-order valence-corrected chi connectivity index (χ3v) is 2.57. The minimum atomic E-state index is -2.70. The minimum Gasteiger partial charge on any atom is -0.494 e. The van der Waals surface area contributed by atoms with Crippen molar-refractivity contribution >= 4 is 33.0 Å². The van der Waals surface area contributed by atoms with Crippen molar-refractivity contribution in [3.8, 4) is 5.75 Å². The summed E-state index contributed by atoms with van der Waals surface area (Å²) < 4.78 is 18.3. The smallest absolute Gasteiger partial charge is 0.330 e. The maximum absolute atomic E-state index is 11.5. The molecule has 0 saturated carbocycles. The molecule has 19 heavy (non-hydrogen) atoms. The number of rotatable bonds is 4. The third-order valence-electron chi connectivity index (χ3n) is 1.95. The Morgan fingerprint density at radius 1 is 1.53 bits per heavy atom. The summed E-state index contributed by atoms with van der Waals surface area (Å²) in [6.07, 6.45) is 1.26. The lowest BCUT2D eigenvalue weighted by Crippen LogP contribution is -2.33. The number of benzene rings is 1. The van der Waals surface area contributed by atoms with Crippen LogP contribution in [-0.4, -0.2) is 34.4 Å². The number of anilines is 1. The normalized spacial score (nSPS) is 13.2. The molecule has 104 valence electrons. The summed E-state index contributed by atoms with van der Waals surface area (Å²) in [5.41, 5.74) is 0.0495. The first-order valence-corrected chi connectivity index (χ1v) is 7.10. The average molecular weight is 287 g/mol. The fraction of sp³-hybridized carbons (Fsp3) is 0.200. The molecular weight excluding hydrogens is 274 g/mol. The number of nitro groups is 1. The molecule has 0 aliphatic carbocycles. The van der Waals surface area contributed by atoms with E-state index in [1.165, 1.54) is 31.6 Å². The minimum absolute atomic E-state index is 0.121. The molecule has 9 heteroatoms. The number of nitro benzene ring substituents is 1. The van der Waals surface area contributed by atoms with E-state index in [2.05, 4.69) is 15.9 Å². The van der Waals surface area contributed by atoms with Gasteiger partial charge < -0.3 is 10.1 Å². The number of hydrogen-bond acceptors (Lipinski definition) is 5. The Morgan fingerprint density at radius 2 is 2.16 bits per heavy atom. The molecule has 0 bridgehead atoms. The number of amides is 2. The number of carbonyl (C=O) groups is 1. The van der Waals surface area contributed by atoms with Crippen LogP contribution < -0.4 is 14.8 Å². The molecule has 1 unspecified atom stereocenters. The van der Waals surface area contributed by atoms with Crippen molar-refractivity contribution in [2.24, 2.45) is 0 Å². The second kappa shape index (κ2) is 5.57. The van der Waals surface area contributed by atoms with Crippen molar-refractivity contribution in [1.29, 1.82) is 0 Å². The summed E-state index contributed by atoms with van der Waals surface area (Å²) in [4.78, 5) is 21.5. The van der Waals surface area contributed by atoms with E-state index < -0.39 is 20.7 Å². The summed E-state index contributed by atoms with van der Waals surface area (Å²) in [7, 11) is -1.38. The Bertz CT molecular complexity index is 612. The highest BCUT2D eigenvalue weighted by Crippen LogP contribution is 2.28. The number of ether oxygens (including phenoxy) is 1. The van der Waals surface area contributed by atoms with E-state index in [1.54, 1.807) is 0 Å². The number of nitrogens with one attached hydrogen (secondary N) is 2. The van der Waals surface area contributed by atoms with Gasteiger partial charge in [0.15, 0.2) is 0 Å². The van der Waals surface area contributed by atoms with Crippen LogP contribution in [0.4, 0.5) is 16.2 Å². The molecule has 0 aromatic heterocycles. The zero-order valence-corrected chi connectivity index (χ0v) is 11.2. The van der Waals surface area contributed by atoms with E-state index in [0.717, 1.165) is 0 Å². The Kier molecular flexibility index (Phi) is 4.33. The maximum Gasteiger partial charge on any atom is 0.330 e. The predicted molar refractivity (Wildman–Crippen MR) is 73.0 cm³/mol. The van der Waals surface area contributed by atoms with E-state index in [1.807, 2.05) is 0 Å². The van der Waals surface area contributed by atoms with Crippen LogP contribution in [0.3, 0.4) is 0 Å². The first-order valence-electron chi connectivity index (χ1n) is 4.96. The van der Waals surface area contributed by atoms with E-state index in [9.17, 15) is 19.1 Å². The van der Waals surface area contributed by atoms with Crippen molar-refractivity contribution in [3.63, 3.8) is 0 Å². The van der Waals surface area contributed by atoms with Crippen LogP contribution in [0.5, 0.6) is 5.75 Å². The van der Waals surface area contributed by atoms with Gasteiger partial charge in [-0.15, -0.1) is 0 Å². The molecule has 0 fully saturated rings. The predicted octanol–water partition coefficient (Wildman–Crippen LogP) is 0.986. The van der Waals surface area contributed by atoms with E-state index in [0.29, 0.717) is 0 Å². The monoisotopic (exact) mass is 287 g/mol. The van der Waals surface area contributed by atoms with Gasteiger partial charge in [-0.05, 0) is 11.9 Å². The topological polar surface area (TPSA) is 111 Å². The summed E-state index contributed by atoms with van der Waals surface area (Å²) in [6, 6.07) is 2.96. The summed E-state index contributed by atoms with van der Waals surface area (Å²) >= 11 is 0. The van der Waals surface area contributed by atoms with Crippen molar-refractivity contribution in [3.05, 3.63) is 28.3 Å². The highest BCUT2D eigenvalue weighted by atomic mass is 32.2. The molecule has 1 aromatic rings. The fourth-order valence-corrected chi connectivity index (χ4v) is 1.68. The number of carbonyl (C=O) groups excluding carboxylic acids is 1. The van der Waals surface area contributed by atoms with E-state index in [4.69, 9.17) is 4.74 Å². The lowest BCUT2D eigenvalue weighted by atomic mass is 10.2. The lowest BCUT2D eigenvalue weighted by molar-refractivity contribution is -0.384. The molecule has 0 saturated heterocycles. The van der Waals surface area contributed by atoms with Gasteiger partial charge in [0.1, 0.15) is 5.75 Å². The van der Waals surface area contributed by atoms with Crippen LogP contribution in [0.15, 0.2) is 18.2 Å². The molecular formula is C10H13N3O5S. The number of urea groups is 1.